The number of hydrogen-bond donors (Lipinski definition) is 1. The Morgan fingerprint density at radius 3 is 3.13 bits per heavy atom. The molecule has 6 heteroatoms. The van der Waals surface area contributed by atoms with Crippen LogP contribution in [0.15, 0.2) is 45.4 Å². The van der Waals surface area contributed by atoms with Crippen LogP contribution in [-0.2, 0) is 19.6 Å². The fourth-order valence-corrected chi connectivity index (χ4v) is 3.37. The van der Waals surface area contributed by atoms with Crippen molar-refractivity contribution < 1.29 is 4.42 Å². The van der Waals surface area contributed by atoms with E-state index in [9.17, 15) is 0 Å². The van der Waals surface area contributed by atoms with Crippen LogP contribution in [0.4, 0.5) is 0 Å². The van der Waals surface area contributed by atoms with Crippen LogP contribution >= 0.6 is 15.9 Å². The fourth-order valence-electron chi connectivity index (χ4n) is 3.03. The maximum absolute atomic E-state index is 5.86. The maximum atomic E-state index is 5.86. The number of nitrogens with one attached hydrogen (secondary N) is 1. The van der Waals surface area contributed by atoms with Crippen LogP contribution in [0.1, 0.15) is 11.5 Å². The summed E-state index contributed by atoms with van der Waals surface area (Å²) in [6, 6.07) is 10.3. The van der Waals surface area contributed by atoms with Gasteiger partial charge in [0.15, 0.2) is 0 Å². The standard InChI is InChI=1S/C17H19BrN4O/c18-14-2-1-13-9-16(23-17(13)10-14)11-19-5-6-21-7-8-22-15(12-21)3-4-20-22/h1-4,9-10,19H,5-8,11-12H2. The van der Waals surface area contributed by atoms with Gasteiger partial charge in [-0.3, -0.25) is 9.58 Å². The van der Waals surface area contributed by atoms with Crippen molar-refractivity contribution in [3.05, 3.63) is 52.5 Å². The van der Waals surface area contributed by atoms with Gasteiger partial charge in [0, 0.05) is 42.2 Å². The summed E-state index contributed by atoms with van der Waals surface area (Å²) < 4.78 is 9.00. The molecule has 3 heterocycles. The van der Waals surface area contributed by atoms with Gasteiger partial charge < -0.3 is 9.73 Å². The van der Waals surface area contributed by atoms with E-state index in [2.05, 4.69) is 54.1 Å². The van der Waals surface area contributed by atoms with Crippen LogP contribution < -0.4 is 5.32 Å². The van der Waals surface area contributed by atoms with Crippen molar-refractivity contribution in [2.75, 3.05) is 19.6 Å². The van der Waals surface area contributed by atoms with Gasteiger partial charge in [0.05, 0.1) is 18.8 Å². The molecule has 0 atom stereocenters. The summed E-state index contributed by atoms with van der Waals surface area (Å²) in [4.78, 5) is 2.46. The Labute approximate surface area is 143 Å². The average molecular weight is 375 g/mol. The summed E-state index contributed by atoms with van der Waals surface area (Å²) in [5, 5.41) is 8.93. The van der Waals surface area contributed by atoms with Crippen molar-refractivity contribution in [3.63, 3.8) is 0 Å². The lowest BCUT2D eigenvalue weighted by Crippen LogP contribution is -2.38. The third-order valence-corrected chi connectivity index (χ3v) is 4.75. The van der Waals surface area contributed by atoms with Gasteiger partial charge >= 0.3 is 0 Å². The van der Waals surface area contributed by atoms with Crippen LogP contribution in [0.5, 0.6) is 0 Å². The number of halogens is 1. The summed E-state index contributed by atoms with van der Waals surface area (Å²) in [5.41, 5.74) is 2.24. The van der Waals surface area contributed by atoms with Gasteiger partial charge in [-0.15, -0.1) is 0 Å². The topological polar surface area (TPSA) is 46.2 Å². The number of furan rings is 1. The first-order valence-corrected chi connectivity index (χ1v) is 8.69. The highest BCUT2D eigenvalue weighted by Gasteiger charge is 2.15. The third-order valence-electron chi connectivity index (χ3n) is 4.26. The number of aromatic nitrogens is 2. The largest absolute Gasteiger partial charge is 0.460 e. The van der Waals surface area contributed by atoms with E-state index in [0.29, 0.717) is 0 Å². The van der Waals surface area contributed by atoms with Gasteiger partial charge in [-0.25, -0.2) is 0 Å². The molecule has 5 nitrogen and oxygen atoms in total. The van der Waals surface area contributed by atoms with E-state index < -0.39 is 0 Å². The summed E-state index contributed by atoms with van der Waals surface area (Å²) in [7, 11) is 0. The Balaban J connectivity index is 1.27. The minimum absolute atomic E-state index is 0.762. The molecule has 0 bridgehead atoms. The molecule has 1 N–H and O–H groups in total. The molecule has 1 aromatic carbocycles. The molecule has 1 aliphatic rings. The molecule has 0 radical (unpaired) electrons. The molecule has 1 aliphatic heterocycles. The molecular formula is C17H19BrN4O. The molecular weight excluding hydrogens is 356 g/mol. The Bertz CT molecular complexity index is 810. The lowest BCUT2D eigenvalue weighted by Gasteiger charge is -2.27. The lowest BCUT2D eigenvalue weighted by molar-refractivity contribution is 0.213. The Kier molecular flexibility index (Phi) is 4.20. The third kappa shape index (κ3) is 3.34. The minimum atomic E-state index is 0.762. The molecule has 0 unspecified atom stereocenters. The highest BCUT2D eigenvalue weighted by Crippen LogP contribution is 2.23. The molecule has 2 aromatic heterocycles. The van der Waals surface area contributed by atoms with Gasteiger partial charge in [-0.2, -0.15) is 5.10 Å². The predicted molar refractivity (Wildman–Crippen MR) is 93.1 cm³/mol. The van der Waals surface area contributed by atoms with Gasteiger partial charge in [-0.1, -0.05) is 15.9 Å². The lowest BCUT2D eigenvalue weighted by atomic mass is 10.2. The number of nitrogens with zero attached hydrogens (tertiary/aromatic N) is 3. The molecule has 0 spiro atoms. The van der Waals surface area contributed by atoms with E-state index in [-0.39, 0.29) is 0 Å². The maximum Gasteiger partial charge on any atom is 0.135 e. The molecule has 0 saturated carbocycles. The van der Waals surface area contributed by atoms with Gasteiger partial charge in [-0.05, 0) is 30.3 Å². The van der Waals surface area contributed by atoms with Crippen molar-refractivity contribution in [2.24, 2.45) is 0 Å². The molecule has 0 amide bonds. The number of fused-ring (bicyclic) bond motifs is 2. The SMILES string of the molecule is Brc1ccc2cc(CNCCN3CCn4nccc4C3)oc2c1. The molecule has 23 heavy (non-hydrogen) atoms. The second-order valence-corrected chi connectivity index (χ2v) is 6.81. The Morgan fingerprint density at radius 1 is 1.22 bits per heavy atom. The second-order valence-electron chi connectivity index (χ2n) is 5.89. The number of hydrogen-bond acceptors (Lipinski definition) is 4. The van der Waals surface area contributed by atoms with Crippen molar-refractivity contribution in [1.82, 2.24) is 20.0 Å². The summed E-state index contributed by atoms with van der Waals surface area (Å²) in [5.74, 6) is 0.981. The zero-order valence-electron chi connectivity index (χ0n) is 12.8. The van der Waals surface area contributed by atoms with Crippen molar-refractivity contribution in [3.8, 4) is 0 Å². The predicted octanol–water partition coefficient (Wildman–Crippen LogP) is 3.00. The van der Waals surface area contributed by atoms with Gasteiger partial charge in [0.1, 0.15) is 11.3 Å². The monoisotopic (exact) mass is 374 g/mol. The smallest absolute Gasteiger partial charge is 0.135 e. The summed E-state index contributed by atoms with van der Waals surface area (Å²) in [6.07, 6.45) is 1.89. The van der Waals surface area contributed by atoms with Crippen LogP contribution in [0, 0.1) is 0 Å². The molecule has 4 rings (SSSR count). The quantitative estimate of drug-likeness (QED) is 0.697. The summed E-state index contributed by atoms with van der Waals surface area (Å²) in [6.45, 7) is 5.79. The van der Waals surface area contributed by atoms with E-state index in [1.54, 1.807) is 0 Å². The highest BCUT2D eigenvalue weighted by molar-refractivity contribution is 9.10. The van der Waals surface area contributed by atoms with E-state index in [1.807, 2.05) is 18.3 Å². The van der Waals surface area contributed by atoms with Crippen LogP contribution in [0.25, 0.3) is 11.0 Å². The highest BCUT2D eigenvalue weighted by atomic mass is 79.9. The number of benzene rings is 1. The molecule has 120 valence electrons. The zero-order chi connectivity index (χ0) is 15.6. The fraction of sp³-hybridized carbons (Fsp3) is 0.353. The van der Waals surface area contributed by atoms with Crippen LogP contribution in [0.3, 0.4) is 0 Å². The Morgan fingerprint density at radius 2 is 2.17 bits per heavy atom. The molecule has 0 aliphatic carbocycles. The average Bonchev–Trinajstić information content (AvgIpc) is 3.16. The molecule has 0 saturated heterocycles. The van der Waals surface area contributed by atoms with E-state index in [0.717, 1.165) is 60.5 Å². The van der Waals surface area contributed by atoms with E-state index in [1.165, 1.54) is 5.69 Å². The molecule has 3 aromatic rings. The van der Waals surface area contributed by atoms with Crippen LogP contribution in [-0.4, -0.2) is 34.3 Å². The number of rotatable bonds is 5. The first-order chi connectivity index (χ1) is 11.3. The first kappa shape index (κ1) is 14.9. The Hall–Kier alpha value is -1.63. The zero-order valence-corrected chi connectivity index (χ0v) is 14.4. The van der Waals surface area contributed by atoms with Crippen molar-refractivity contribution >= 4 is 26.9 Å². The van der Waals surface area contributed by atoms with Gasteiger partial charge in [0.25, 0.3) is 0 Å². The normalized spacial score (nSPS) is 15.2. The first-order valence-electron chi connectivity index (χ1n) is 7.90. The molecule has 0 fully saturated rings. The van der Waals surface area contributed by atoms with Gasteiger partial charge in [0.2, 0.25) is 0 Å². The van der Waals surface area contributed by atoms with E-state index >= 15 is 0 Å². The van der Waals surface area contributed by atoms with Crippen molar-refractivity contribution in [1.29, 1.82) is 0 Å². The second kappa shape index (κ2) is 6.47. The van der Waals surface area contributed by atoms with E-state index in [4.69, 9.17) is 4.42 Å². The minimum Gasteiger partial charge on any atom is -0.460 e. The van der Waals surface area contributed by atoms with Crippen LogP contribution in [0.2, 0.25) is 0 Å². The summed E-state index contributed by atoms with van der Waals surface area (Å²) >= 11 is 3.47. The van der Waals surface area contributed by atoms with Crippen molar-refractivity contribution in [2.45, 2.75) is 19.6 Å².